The van der Waals surface area contributed by atoms with Gasteiger partial charge in [0.25, 0.3) is 0 Å². The van der Waals surface area contributed by atoms with E-state index in [2.05, 4.69) is 116 Å². The Bertz CT molecular complexity index is 905. The van der Waals surface area contributed by atoms with E-state index in [-0.39, 0.29) is 0 Å². The summed E-state index contributed by atoms with van der Waals surface area (Å²) in [6.45, 7) is 8.86. The van der Waals surface area contributed by atoms with Crippen molar-refractivity contribution in [2.75, 3.05) is 6.16 Å². The number of halogens is 1. The predicted molar refractivity (Wildman–Crippen MR) is 165 cm³/mol. The van der Waals surface area contributed by atoms with Crippen molar-refractivity contribution >= 4 is 36.7 Å². The molecule has 0 atom stereocenters. The van der Waals surface area contributed by atoms with Gasteiger partial charge in [0.05, 0.1) is 0 Å². The molecule has 0 aliphatic carbocycles. The van der Waals surface area contributed by atoms with Crippen LogP contribution in [0.4, 0.5) is 0 Å². The Morgan fingerprint density at radius 2 is 0.743 bits per heavy atom. The minimum atomic E-state index is -2.79. The zero-order chi connectivity index (χ0) is 25.2. The first-order chi connectivity index (χ1) is 16.9. The van der Waals surface area contributed by atoms with Gasteiger partial charge in [0.15, 0.2) is 0 Å². The van der Waals surface area contributed by atoms with Crippen LogP contribution in [0.5, 0.6) is 0 Å². The monoisotopic (exact) mass is 552 g/mol. The van der Waals surface area contributed by atoms with E-state index in [1.165, 1.54) is 96.8 Å². The molecule has 0 nitrogen and oxygen atoms in total. The molecule has 0 unspecified atom stereocenters. The van der Waals surface area contributed by atoms with Gasteiger partial charge in [-0.05, 0) is 0 Å². The Morgan fingerprint density at radius 1 is 0.457 bits per heavy atom. The molecule has 0 bridgehead atoms. The van der Waals surface area contributed by atoms with Crippen molar-refractivity contribution in [3.63, 3.8) is 0 Å². The minimum absolute atomic E-state index is 1.16. The average Bonchev–Trinajstić information content (AvgIpc) is 2.86. The molecule has 3 aromatic rings. The third kappa shape index (κ3) is 6.87. The van der Waals surface area contributed by atoms with Gasteiger partial charge in [-0.15, -0.1) is 0 Å². The van der Waals surface area contributed by atoms with E-state index in [4.69, 9.17) is 0 Å². The summed E-state index contributed by atoms with van der Waals surface area (Å²) in [6, 6.07) is 28.1. The Hall–Kier alpha value is -1.43. The molecule has 0 spiro atoms. The standard InChI is InChI=1S/C33H46BrP/c1-5-6-7-8-9-10-11-12-13-14-27-35(34,31-21-15-28(2)16-22-31,32-23-17-29(3)18-24-32)33-25-19-30(4)20-26-33/h15-26H,5-14,27H2,1-4H3. The molecule has 0 saturated carbocycles. The molecule has 3 aromatic carbocycles. The molecule has 0 amide bonds. The third-order valence-electron chi connectivity index (χ3n) is 7.65. The molecule has 0 heterocycles. The Morgan fingerprint density at radius 3 is 1.06 bits per heavy atom. The van der Waals surface area contributed by atoms with Gasteiger partial charge in [-0.2, -0.15) is 0 Å². The molecule has 0 radical (unpaired) electrons. The summed E-state index contributed by atoms with van der Waals surface area (Å²) < 4.78 is 0. The molecule has 190 valence electrons. The topological polar surface area (TPSA) is 0 Å². The van der Waals surface area contributed by atoms with E-state index in [1.807, 2.05) is 0 Å². The van der Waals surface area contributed by atoms with Crippen LogP contribution >= 0.6 is 20.8 Å². The second-order valence-electron chi connectivity index (χ2n) is 10.6. The molecule has 2 heteroatoms. The van der Waals surface area contributed by atoms with Crippen LogP contribution in [0, 0.1) is 20.8 Å². The van der Waals surface area contributed by atoms with Crippen molar-refractivity contribution in [3.8, 4) is 0 Å². The van der Waals surface area contributed by atoms with Crippen LogP contribution in [0.15, 0.2) is 72.8 Å². The summed E-state index contributed by atoms with van der Waals surface area (Å²) in [5, 5.41) is 1.56. The Balaban J connectivity index is 1.88. The summed E-state index contributed by atoms with van der Waals surface area (Å²) in [4.78, 5) is 0. The van der Waals surface area contributed by atoms with Crippen molar-refractivity contribution in [2.45, 2.75) is 91.9 Å². The van der Waals surface area contributed by atoms with Crippen LogP contribution in [0.1, 0.15) is 87.8 Å². The quantitative estimate of drug-likeness (QED) is 0.138. The SMILES string of the molecule is CCCCCCCCCCCCP(Br)(c1ccc(C)cc1)(c1ccc(C)cc1)c1ccc(C)cc1. The van der Waals surface area contributed by atoms with E-state index >= 15 is 0 Å². The zero-order valence-electron chi connectivity index (χ0n) is 22.5. The summed E-state index contributed by atoms with van der Waals surface area (Å²) in [5.74, 6) is 0. The van der Waals surface area contributed by atoms with Crippen molar-refractivity contribution in [3.05, 3.63) is 89.5 Å². The number of benzene rings is 3. The predicted octanol–water partition coefficient (Wildman–Crippen LogP) is 9.67. The van der Waals surface area contributed by atoms with Gasteiger partial charge < -0.3 is 0 Å². The van der Waals surface area contributed by atoms with E-state index in [1.54, 1.807) is 0 Å². The molecule has 0 N–H and O–H groups in total. The van der Waals surface area contributed by atoms with Gasteiger partial charge in [-0.1, -0.05) is 0 Å². The van der Waals surface area contributed by atoms with Crippen molar-refractivity contribution in [1.29, 1.82) is 0 Å². The maximum absolute atomic E-state index is 4.64. The number of aryl methyl sites for hydroxylation is 3. The van der Waals surface area contributed by atoms with Crippen LogP contribution in [0.3, 0.4) is 0 Å². The van der Waals surface area contributed by atoms with Crippen molar-refractivity contribution < 1.29 is 0 Å². The van der Waals surface area contributed by atoms with Gasteiger partial charge >= 0.3 is 224 Å². The normalized spacial score (nSPS) is 12.9. The van der Waals surface area contributed by atoms with Crippen molar-refractivity contribution in [2.24, 2.45) is 0 Å². The summed E-state index contributed by atoms with van der Waals surface area (Å²) >= 11 is 4.64. The molecule has 0 saturated heterocycles. The first-order valence-corrected chi connectivity index (χ1v) is 18.3. The van der Waals surface area contributed by atoms with Gasteiger partial charge in [-0.25, -0.2) is 0 Å². The number of hydrogen-bond acceptors (Lipinski definition) is 0. The van der Waals surface area contributed by atoms with Gasteiger partial charge in [0.2, 0.25) is 0 Å². The third-order valence-corrected chi connectivity index (χ3v) is 17.7. The van der Waals surface area contributed by atoms with Gasteiger partial charge in [0, 0.05) is 0 Å². The Labute approximate surface area is 223 Å². The fourth-order valence-corrected chi connectivity index (χ4v) is 13.0. The maximum atomic E-state index is 4.64. The van der Waals surface area contributed by atoms with E-state index in [9.17, 15) is 0 Å². The van der Waals surface area contributed by atoms with Crippen LogP contribution in [-0.4, -0.2) is 6.16 Å². The van der Waals surface area contributed by atoms with Crippen LogP contribution < -0.4 is 15.9 Å². The first-order valence-electron chi connectivity index (χ1n) is 13.8. The van der Waals surface area contributed by atoms with Crippen LogP contribution in [-0.2, 0) is 0 Å². The number of unbranched alkanes of at least 4 members (excludes halogenated alkanes) is 9. The molecule has 0 aromatic heterocycles. The van der Waals surface area contributed by atoms with E-state index in [0.29, 0.717) is 0 Å². The first kappa shape index (κ1) is 28.1. The van der Waals surface area contributed by atoms with Crippen LogP contribution in [0.25, 0.3) is 0 Å². The number of hydrogen-bond donors (Lipinski definition) is 0. The second kappa shape index (κ2) is 13.2. The molecule has 0 aliphatic heterocycles. The molecular weight excluding hydrogens is 507 g/mol. The zero-order valence-corrected chi connectivity index (χ0v) is 25.0. The molecule has 0 aliphatic rings. The average molecular weight is 554 g/mol. The molecule has 0 fully saturated rings. The summed E-state index contributed by atoms with van der Waals surface area (Å²) in [6.07, 6.45) is 14.8. The summed E-state index contributed by atoms with van der Waals surface area (Å²) in [7, 11) is 0. The number of rotatable bonds is 14. The van der Waals surface area contributed by atoms with E-state index in [0.717, 1.165) is 6.16 Å². The molecule has 3 rings (SSSR count). The van der Waals surface area contributed by atoms with E-state index < -0.39 is 5.31 Å². The van der Waals surface area contributed by atoms with Gasteiger partial charge in [0.1, 0.15) is 0 Å². The van der Waals surface area contributed by atoms with Gasteiger partial charge in [-0.3, -0.25) is 0 Å². The van der Waals surface area contributed by atoms with Crippen LogP contribution in [0.2, 0.25) is 0 Å². The fraction of sp³-hybridized carbons (Fsp3) is 0.455. The Kier molecular flexibility index (Phi) is 10.6. The van der Waals surface area contributed by atoms with Crippen molar-refractivity contribution in [1.82, 2.24) is 0 Å². The summed E-state index contributed by atoms with van der Waals surface area (Å²) in [5.41, 5.74) is 3.95. The molecular formula is C33H46BrP. The second-order valence-corrected chi connectivity index (χ2v) is 19.7. The fourth-order valence-electron chi connectivity index (χ4n) is 5.30. The molecule has 35 heavy (non-hydrogen) atoms.